The van der Waals surface area contributed by atoms with Gasteiger partial charge in [-0.2, -0.15) is 5.26 Å². The number of rotatable bonds is 1. The fourth-order valence-electron chi connectivity index (χ4n) is 0.874. The Hall–Kier alpha value is -1.76. The Labute approximate surface area is 70.4 Å². The van der Waals surface area contributed by atoms with E-state index in [0.29, 0.717) is 11.1 Å². The summed E-state index contributed by atoms with van der Waals surface area (Å²) in [6.07, 6.45) is 3.04. The second-order valence-electron chi connectivity index (χ2n) is 2.59. The van der Waals surface area contributed by atoms with Gasteiger partial charge in [0.15, 0.2) is 0 Å². The van der Waals surface area contributed by atoms with E-state index >= 15 is 0 Å². The molecule has 0 aromatic carbocycles. The van der Waals surface area contributed by atoms with Crippen LogP contribution in [-0.2, 0) is 0 Å². The molecule has 1 amide bonds. The van der Waals surface area contributed by atoms with E-state index in [1.54, 1.807) is 14.1 Å². The number of nitrogens with zero attached hydrogens (tertiary/aromatic N) is 2. The maximum atomic E-state index is 11.3. The third-order valence-electron chi connectivity index (χ3n) is 1.50. The minimum Gasteiger partial charge on any atom is -0.366 e. The zero-order valence-electron chi connectivity index (χ0n) is 6.96. The highest BCUT2D eigenvalue weighted by molar-refractivity contribution is 5.96. The lowest BCUT2D eigenvalue weighted by atomic mass is 10.2. The van der Waals surface area contributed by atoms with Gasteiger partial charge in [-0.25, -0.2) is 0 Å². The fraction of sp³-hybridized carbons (Fsp3) is 0.250. The highest BCUT2D eigenvalue weighted by atomic mass is 16.2. The summed E-state index contributed by atoms with van der Waals surface area (Å²) in [7, 11) is 3.30. The van der Waals surface area contributed by atoms with Gasteiger partial charge in [-0.1, -0.05) is 0 Å². The predicted molar refractivity (Wildman–Crippen MR) is 43.5 cm³/mol. The van der Waals surface area contributed by atoms with Gasteiger partial charge < -0.3 is 9.88 Å². The average Bonchev–Trinajstić information content (AvgIpc) is 2.49. The van der Waals surface area contributed by atoms with Crippen LogP contribution >= 0.6 is 0 Å². The average molecular weight is 163 g/mol. The number of amides is 1. The Balaban J connectivity index is 3.04. The normalized spacial score (nSPS) is 9.08. The van der Waals surface area contributed by atoms with Gasteiger partial charge in [-0.05, 0) is 0 Å². The van der Waals surface area contributed by atoms with E-state index in [-0.39, 0.29) is 5.91 Å². The molecule has 12 heavy (non-hydrogen) atoms. The fourth-order valence-corrected chi connectivity index (χ4v) is 0.874. The molecule has 0 saturated heterocycles. The zero-order chi connectivity index (χ0) is 9.14. The molecule has 0 spiro atoms. The Morgan fingerprint density at radius 2 is 2.25 bits per heavy atom. The van der Waals surface area contributed by atoms with Crippen LogP contribution in [0.3, 0.4) is 0 Å². The highest BCUT2D eigenvalue weighted by Crippen LogP contribution is 2.07. The van der Waals surface area contributed by atoms with Crippen LogP contribution in [0.2, 0.25) is 0 Å². The smallest absolute Gasteiger partial charge is 0.256 e. The number of aromatic amines is 1. The van der Waals surface area contributed by atoms with Crippen molar-refractivity contribution in [1.29, 1.82) is 5.26 Å². The van der Waals surface area contributed by atoms with Crippen molar-refractivity contribution in [3.8, 4) is 6.07 Å². The van der Waals surface area contributed by atoms with Gasteiger partial charge in [0.2, 0.25) is 0 Å². The number of nitrogens with one attached hydrogen (secondary N) is 1. The Bertz CT molecular complexity index is 332. The number of aromatic nitrogens is 1. The maximum Gasteiger partial charge on any atom is 0.256 e. The molecule has 0 aliphatic rings. The van der Waals surface area contributed by atoms with Gasteiger partial charge in [-0.3, -0.25) is 4.79 Å². The predicted octanol–water partition coefficient (Wildman–Crippen LogP) is 0.588. The molecule has 0 radical (unpaired) electrons. The maximum absolute atomic E-state index is 11.3. The van der Waals surface area contributed by atoms with Crippen LogP contribution in [-0.4, -0.2) is 29.9 Å². The third-order valence-corrected chi connectivity index (χ3v) is 1.50. The van der Waals surface area contributed by atoms with Crippen LogP contribution in [0.4, 0.5) is 0 Å². The first-order chi connectivity index (χ1) is 5.66. The van der Waals surface area contributed by atoms with Crippen molar-refractivity contribution in [1.82, 2.24) is 9.88 Å². The highest BCUT2D eigenvalue weighted by Gasteiger charge is 2.13. The van der Waals surface area contributed by atoms with Crippen LogP contribution in [0.1, 0.15) is 15.9 Å². The van der Waals surface area contributed by atoms with Crippen molar-refractivity contribution in [3.05, 3.63) is 23.5 Å². The second-order valence-corrected chi connectivity index (χ2v) is 2.59. The summed E-state index contributed by atoms with van der Waals surface area (Å²) in [6.45, 7) is 0. The van der Waals surface area contributed by atoms with Crippen LogP contribution in [0, 0.1) is 11.3 Å². The summed E-state index contributed by atoms with van der Waals surface area (Å²) >= 11 is 0. The molecular weight excluding hydrogens is 154 g/mol. The Kier molecular flexibility index (Phi) is 2.15. The quantitative estimate of drug-likeness (QED) is 0.658. The van der Waals surface area contributed by atoms with E-state index in [1.165, 1.54) is 17.3 Å². The number of hydrogen-bond acceptors (Lipinski definition) is 2. The van der Waals surface area contributed by atoms with Gasteiger partial charge in [0.25, 0.3) is 5.91 Å². The molecule has 4 heteroatoms. The largest absolute Gasteiger partial charge is 0.366 e. The first kappa shape index (κ1) is 8.34. The summed E-state index contributed by atoms with van der Waals surface area (Å²) < 4.78 is 0. The van der Waals surface area contributed by atoms with E-state index < -0.39 is 0 Å². The summed E-state index contributed by atoms with van der Waals surface area (Å²) in [4.78, 5) is 15.5. The van der Waals surface area contributed by atoms with Crippen LogP contribution in [0.15, 0.2) is 12.4 Å². The summed E-state index contributed by atoms with van der Waals surface area (Å²) in [6, 6.07) is 1.93. The molecule has 0 bridgehead atoms. The van der Waals surface area contributed by atoms with Gasteiger partial charge in [-0.15, -0.1) is 0 Å². The van der Waals surface area contributed by atoms with Gasteiger partial charge >= 0.3 is 0 Å². The third kappa shape index (κ3) is 1.30. The molecule has 0 saturated carbocycles. The van der Waals surface area contributed by atoms with E-state index in [2.05, 4.69) is 4.98 Å². The summed E-state index contributed by atoms with van der Waals surface area (Å²) in [5, 5.41) is 8.60. The molecule has 1 N–H and O–H groups in total. The lowest BCUT2D eigenvalue weighted by Gasteiger charge is -2.07. The standard InChI is InChI=1S/C8H9N3O/c1-11(2)8(12)7-5-10-4-6(7)3-9/h4-5,10H,1-2H3. The van der Waals surface area contributed by atoms with Crippen LogP contribution < -0.4 is 0 Å². The first-order valence-corrected chi connectivity index (χ1v) is 3.45. The minimum atomic E-state index is -0.159. The molecule has 4 nitrogen and oxygen atoms in total. The molecular formula is C8H9N3O. The van der Waals surface area contributed by atoms with Crippen LogP contribution in [0.25, 0.3) is 0 Å². The molecule has 0 aliphatic carbocycles. The lowest BCUT2D eigenvalue weighted by molar-refractivity contribution is 0.0827. The molecule has 0 unspecified atom stereocenters. The van der Waals surface area contributed by atoms with Crippen molar-refractivity contribution < 1.29 is 4.79 Å². The van der Waals surface area contributed by atoms with E-state index in [9.17, 15) is 4.79 Å². The molecule has 1 heterocycles. The van der Waals surface area contributed by atoms with E-state index in [1.807, 2.05) is 6.07 Å². The van der Waals surface area contributed by atoms with Crippen molar-refractivity contribution >= 4 is 5.91 Å². The Morgan fingerprint density at radius 1 is 1.58 bits per heavy atom. The molecule has 0 atom stereocenters. The first-order valence-electron chi connectivity index (χ1n) is 3.45. The van der Waals surface area contributed by atoms with Crippen molar-refractivity contribution in [2.24, 2.45) is 0 Å². The molecule has 0 fully saturated rings. The topological polar surface area (TPSA) is 59.9 Å². The second kappa shape index (κ2) is 3.09. The SMILES string of the molecule is CN(C)C(=O)c1c[nH]cc1C#N. The van der Waals surface area contributed by atoms with Crippen molar-refractivity contribution in [3.63, 3.8) is 0 Å². The van der Waals surface area contributed by atoms with E-state index in [4.69, 9.17) is 5.26 Å². The zero-order valence-corrected chi connectivity index (χ0v) is 6.96. The van der Waals surface area contributed by atoms with Crippen molar-refractivity contribution in [2.75, 3.05) is 14.1 Å². The molecule has 1 rings (SSSR count). The van der Waals surface area contributed by atoms with Crippen LogP contribution in [0.5, 0.6) is 0 Å². The lowest BCUT2D eigenvalue weighted by Crippen LogP contribution is -2.21. The summed E-state index contributed by atoms with van der Waals surface area (Å²) in [5.41, 5.74) is 0.802. The van der Waals surface area contributed by atoms with Gasteiger partial charge in [0.05, 0.1) is 11.1 Å². The van der Waals surface area contributed by atoms with E-state index in [0.717, 1.165) is 0 Å². The number of carbonyl (C=O) groups is 1. The van der Waals surface area contributed by atoms with Gasteiger partial charge in [0, 0.05) is 26.5 Å². The molecule has 62 valence electrons. The molecule has 1 aromatic rings. The molecule has 0 aliphatic heterocycles. The number of carbonyl (C=O) groups excluding carboxylic acids is 1. The number of nitriles is 1. The molecule has 1 aromatic heterocycles. The van der Waals surface area contributed by atoms with Crippen molar-refractivity contribution in [2.45, 2.75) is 0 Å². The number of hydrogen-bond donors (Lipinski definition) is 1. The summed E-state index contributed by atoms with van der Waals surface area (Å²) in [5.74, 6) is -0.159. The number of H-pyrrole nitrogens is 1. The Morgan fingerprint density at radius 3 is 2.75 bits per heavy atom. The van der Waals surface area contributed by atoms with Gasteiger partial charge in [0.1, 0.15) is 6.07 Å². The monoisotopic (exact) mass is 163 g/mol. The minimum absolute atomic E-state index is 0.159.